The van der Waals surface area contributed by atoms with E-state index < -0.39 is 68.7 Å². The zero-order valence-corrected chi connectivity index (χ0v) is 34.9. The molecule has 3 saturated carbocycles. The quantitative estimate of drug-likeness (QED) is 0.193. The van der Waals surface area contributed by atoms with Crippen LogP contribution in [0.3, 0.4) is 0 Å². The lowest BCUT2D eigenvalue weighted by Crippen LogP contribution is -2.58. The fraction of sp³-hybridized carbons (Fsp3) is 0.500. The van der Waals surface area contributed by atoms with Gasteiger partial charge >= 0.3 is 6.09 Å². The van der Waals surface area contributed by atoms with Gasteiger partial charge < -0.3 is 29.7 Å². The molecule has 0 radical (unpaired) electrons. The number of benzene rings is 2. The molecule has 16 nitrogen and oxygen atoms in total. The summed E-state index contributed by atoms with van der Waals surface area (Å²) in [4.78, 5) is 63.0. The van der Waals surface area contributed by atoms with E-state index in [-0.39, 0.29) is 25.5 Å². The van der Waals surface area contributed by atoms with E-state index in [9.17, 15) is 27.6 Å². The molecule has 1 saturated heterocycles. The molecule has 0 bridgehead atoms. The highest BCUT2D eigenvalue weighted by molar-refractivity contribution is 7.91. The standard InChI is InChI=1S/C44H51N7O9S/c1-58-30-16-11-12-27(22-30)36-24-38(51-39(45-36)33-17-9-10-18-34(33)48-51)59-31-23-37-40(52)47-44(42(54)49-61(56,57)32-20-21-32)25-28(44)13-5-3-2-4-6-19-35(41(53)50(37)26-31)46-43(55)60-29-14-7-8-15-29/h5,9-13,16-18,22,24,28-29,31-32,35,37H,2-4,6-8,14-15,19-21,23,25-26H2,1H3,(H,46,55)(H,47,52)(H,49,54)/b13-5-/t28-,31-,35+,37+,44-/m1/s1. The number of hydrogen-bond acceptors (Lipinski definition) is 11. The summed E-state index contributed by atoms with van der Waals surface area (Å²) >= 11 is 0. The Morgan fingerprint density at radius 1 is 0.934 bits per heavy atom. The number of aromatic nitrogens is 3. The molecule has 5 aliphatic rings. The number of methoxy groups -OCH3 is 1. The molecule has 3 aliphatic carbocycles. The van der Waals surface area contributed by atoms with Crippen molar-refractivity contribution in [2.45, 2.75) is 119 Å². The van der Waals surface area contributed by atoms with E-state index >= 15 is 0 Å². The fourth-order valence-electron chi connectivity index (χ4n) is 8.97. The normalized spacial score (nSPS) is 26.7. The van der Waals surface area contributed by atoms with Crippen LogP contribution >= 0.6 is 0 Å². The first kappa shape index (κ1) is 40.7. The van der Waals surface area contributed by atoms with E-state index in [2.05, 4.69) is 15.4 Å². The van der Waals surface area contributed by atoms with Crippen LogP contribution in [0.1, 0.15) is 83.5 Å². The van der Waals surface area contributed by atoms with Gasteiger partial charge in [-0.25, -0.2) is 18.2 Å². The van der Waals surface area contributed by atoms with Gasteiger partial charge in [0, 0.05) is 29.4 Å². The number of fused-ring (bicyclic) bond motifs is 5. The summed E-state index contributed by atoms with van der Waals surface area (Å²) in [5.74, 6) is -1.38. The van der Waals surface area contributed by atoms with E-state index in [0.717, 1.165) is 49.5 Å². The predicted octanol–water partition coefficient (Wildman–Crippen LogP) is 4.95. The average Bonchev–Trinajstić information content (AvgIpc) is 4.06. The van der Waals surface area contributed by atoms with Crippen LogP contribution < -0.4 is 24.8 Å². The summed E-state index contributed by atoms with van der Waals surface area (Å²) in [6.07, 6.45) is 10.00. The van der Waals surface area contributed by atoms with Gasteiger partial charge in [0.1, 0.15) is 35.6 Å². The molecule has 3 N–H and O–H groups in total. The number of carbonyl (C=O) groups excluding carboxylic acids is 4. The summed E-state index contributed by atoms with van der Waals surface area (Å²) in [5, 5.41) is 10.7. The number of nitrogens with one attached hydrogen (secondary N) is 3. The van der Waals surface area contributed by atoms with Gasteiger partial charge in [-0.2, -0.15) is 9.61 Å². The molecule has 322 valence electrons. The zero-order valence-electron chi connectivity index (χ0n) is 34.1. The maximum Gasteiger partial charge on any atom is 0.408 e. The first-order valence-corrected chi connectivity index (χ1v) is 23.0. The minimum absolute atomic E-state index is 0.0223. The topological polar surface area (TPSA) is 200 Å². The number of sulfonamides is 1. The maximum absolute atomic E-state index is 14.8. The van der Waals surface area contributed by atoms with E-state index in [1.54, 1.807) is 17.7 Å². The van der Waals surface area contributed by atoms with Crippen molar-refractivity contribution in [3.63, 3.8) is 0 Å². The monoisotopic (exact) mass is 853 g/mol. The van der Waals surface area contributed by atoms with Crippen LogP contribution in [0, 0.1) is 5.92 Å². The molecular weight excluding hydrogens is 803 g/mol. The molecule has 0 spiro atoms. The lowest BCUT2D eigenvalue weighted by atomic mass is 10.0. The smallest absolute Gasteiger partial charge is 0.408 e. The minimum Gasteiger partial charge on any atom is -0.497 e. The first-order chi connectivity index (χ1) is 29.5. The van der Waals surface area contributed by atoms with Crippen molar-refractivity contribution in [2.24, 2.45) is 5.92 Å². The third-order valence-electron chi connectivity index (χ3n) is 12.6. The number of alkyl carbamates (subject to hydrolysis) is 1. The number of amides is 4. The number of carbonyl (C=O) groups is 4. The average molecular weight is 854 g/mol. The zero-order chi connectivity index (χ0) is 42.3. The molecule has 4 amide bonds. The van der Waals surface area contributed by atoms with Crippen LogP contribution in [-0.4, -0.2) is 100 Å². The number of hydrogen-bond donors (Lipinski definition) is 3. The Morgan fingerprint density at radius 3 is 2.54 bits per heavy atom. The third-order valence-corrected chi connectivity index (χ3v) is 14.4. The van der Waals surface area contributed by atoms with Crippen molar-refractivity contribution >= 4 is 50.4 Å². The minimum atomic E-state index is -3.92. The molecule has 4 heterocycles. The number of allylic oxidation sites excluding steroid dienone is 1. The van der Waals surface area contributed by atoms with Gasteiger partial charge in [0.2, 0.25) is 27.7 Å². The van der Waals surface area contributed by atoms with Crippen LogP contribution in [0.2, 0.25) is 0 Å². The second-order valence-corrected chi connectivity index (χ2v) is 18.9. The second-order valence-electron chi connectivity index (χ2n) is 17.0. The summed E-state index contributed by atoms with van der Waals surface area (Å²) in [6.45, 7) is -0.0372. The Hall–Kier alpha value is -5.71. The van der Waals surface area contributed by atoms with Crippen LogP contribution in [0.5, 0.6) is 11.6 Å². The number of nitrogens with zero attached hydrogens (tertiary/aromatic N) is 4. The van der Waals surface area contributed by atoms with Gasteiger partial charge in [0.05, 0.1) is 30.1 Å². The van der Waals surface area contributed by atoms with E-state index in [1.165, 1.54) is 4.90 Å². The molecule has 2 aromatic carbocycles. The van der Waals surface area contributed by atoms with Crippen molar-refractivity contribution < 1.29 is 41.8 Å². The molecular formula is C44H51N7O9S. The van der Waals surface area contributed by atoms with Crippen molar-refractivity contribution in [2.75, 3.05) is 13.7 Å². The van der Waals surface area contributed by atoms with Crippen LogP contribution in [-0.2, 0) is 29.1 Å². The molecule has 17 heteroatoms. The van der Waals surface area contributed by atoms with Crippen molar-refractivity contribution in [1.29, 1.82) is 0 Å². The van der Waals surface area contributed by atoms with Gasteiger partial charge in [-0.3, -0.25) is 19.1 Å². The lowest BCUT2D eigenvalue weighted by molar-refractivity contribution is -0.141. The molecule has 5 atom stereocenters. The van der Waals surface area contributed by atoms with Gasteiger partial charge in [0.15, 0.2) is 5.65 Å². The summed E-state index contributed by atoms with van der Waals surface area (Å²) < 4.78 is 47.8. The molecule has 61 heavy (non-hydrogen) atoms. The summed E-state index contributed by atoms with van der Waals surface area (Å²) in [7, 11) is -2.33. The third kappa shape index (κ3) is 8.48. The molecule has 0 unspecified atom stereocenters. The van der Waals surface area contributed by atoms with Crippen molar-refractivity contribution in [3.05, 3.63) is 66.7 Å². The largest absolute Gasteiger partial charge is 0.497 e. The number of rotatable bonds is 9. The van der Waals surface area contributed by atoms with E-state index in [4.69, 9.17) is 24.3 Å². The fourth-order valence-corrected chi connectivity index (χ4v) is 10.3. The first-order valence-electron chi connectivity index (χ1n) is 21.4. The van der Waals surface area contributed by atoms with Crippen molar-refractivity contribution in [1.82, 2.24) is 34.9 Å². The summed E-state index contributed by atoms with van der Waals surface area (Å²) in [5.41, 5.74) is 1.06. The Balaban J connectivity index is 1.06. The van der Waals surface area contributed by atoms with E-state index in [1.807, 2.05) is 60.7 Å². The highest BCUT2D eigenvalue weighted by Crippen LogP contribution is 2.46. The molecule has 2 aliphatic heterocycles. The SMILES string of the molecule is COc1cccc(-c2cc(O[C@@H]3C[C@H]4C(=O)N[C@]5(C(=O)NS(=O)(=O)C6CC6)C[C@H]5/C=C\CCCCC[C@H](NC(=O)OC5CCCC5)C(=O)N4C3)n3nc4ccccc4c3n2)c1. The maximum atomic E-state index is 14.8. The van der Waals surface area contributed by atoms with Gasteiger partial charge in [-0.05, 0) is 88.5 Å². The Bertz CT molecular complexity index is 2500. The highest BCUT2D eigenvalue weighted by atomic mass is 32.2. The Morgan fingerprint density at radius 2 is 1.74 bits per heavy atom. The molecule has 4 aromatic rings. The lowest BCUT2D eigenvalue weighted by Gasteiger charge is -2.30. The highest BCUT2D eigenvalue weighted by Gasteiger charge is 2.62. The van der Waals surface area contributed by atoms with E-state index in [0.29, 0.717) is 60.6 Å². The molecule has 4 fully saturated rings. The molecule has 9 rings (SSSR count). The van der Waals surface area contributed by atoms with Gasteiger partial charge in [-0.1, -0.05) is 49.3 Å². The predicted molar refractivity (Wildman–Crippen MR) is 224 cm³/mol. The second kappa shape index (κ2) is 16.6. The van der Waals surface area contributed by atoms with Crippen LogP contribution in [0.25, 0.3) is 27.8 Å². The number of ether oxygens (including phenoxy) is 3. The Labute approximate surface area is 353 Å². The Kier molecular flexibility index (Phi) is 11.1. The van der Waals surface area contributed by atoms with Gasteiger partial charge in [0.25, 0.3) is 5.91 Å². The van der Waals surface area contributed by atoms with Crippen LogP contribution in [0.15, 0.2) is 66.7 Å². The summed E-state index contributed by atoms with van der Waals surface area (Å²) in [6, 6.07) is 14.7. The van der Waals surface area contributed by atoms with Gasteiger partial charge in [-0.15, -0.1) is 0 Å². The van der Waals surface area contributed by atoms with Crippen molar-refractivity contribution in [3.8, 4) is 22.9 Å². The van der Waals surface area contributed by atoms with Crippen LogP contribution in [0.4, 0.5) is 4.79 Å². The molecule has 2 aromatic heterocycles.